The summed E-state index contributed by atoms with van der Waals surface area (Å²) < 4.78 is 5.43. The SMILES string of the molecule is CCOC1CC(NC(=O)c2cc(Cl)ccn2)C1. The van der Waals surface area contributed by atoms with E-state index in [2.05, 4.69) is 10.3 Å². The van der Waals surface area contributed by atoms with Crippen LogP contribution in [0.15, 0.2) is 18.3 Å². The van der Waals surface area contributed by atoms with Crippen molar-refractivity contribution in [3.63, 3.8) is 0 Å². The van der Waals surface area contributed by atoms with Crippen molar-refractivity contribution < 1.29 is 9.53 Å². The third-order valence-corrected chi connectivity index (χ3v) is 3.02. The van der Waals surface area contributed by atoms with Gasteiger partial charge in [0.1, 0.15) is 5.69 Å². The number of nitrogens with zero attached hydrogens (tertiary/aromatic N) is 1. The lowest BCUT2D eigenvalue weighted by molar-refractivity contribution is -0.00867. The Kier molecular flexibility index (Phi) is 3.97. The molecule has 0 spiro atoms. The van der Waals surface area contributed by atoms with E-state index in [0.717, 1.165) is 19.4 Å². The number of nitrogens with one attached hydrogen (secondary N) is 1. The zero-order chi connectivity index (χ0) is 12.3. The van der Waals surface area contributed by atoms with Gasteiger partial charge in [-0.15, -0.1) is 0 Å². The summed E-state index contributed by atoms with van der Waals surface area (Å²) in [5.41, 5.74) is 0.359. The van der Waals surface area contributed by atoms with Gasteiger partial charge in [-0.25, -0.2) is 0 Å². The van der Waals surface area contributed by atoms with Gasteiger partial charge in [-0.05, 0) is 31.9 Å². The molecule has 17 heavy (non-hydrogen) atoms. The van der Waals surface area contributed by atoms with E-state index in [1.165, 1.54) is 6.20 Å². The number of ether oxygens (including phenoxy) is 1. The largest absolute Gasteiger partial charge is 0.378 e. The van der Waals surface area contributed by atoms with Crippen LogP contribution in [0.2, 0.25) is 5.02 Å². The number of hydrogen-bond acceptors (Lipinski definition) is 3. The molecular formula is C12H15ClN2O2. The van der Waals surface area contributed by atoms with Gasteiger partial charge in [0.25, 0.3) is 5.91 Å². The molecule has 1 saturated carbocycles. The molecule has 1 N–H and O–H groups in total. The number of carbonyl (C=O) groups excluding carboxylic acids is 1. The summed E-state index contributed by atoms with van der Waals surface area (Å²) in [6.45, 7) is 2.70. The van der Waals surface area contributed by atoms with Crippen LogP contribution in [0.3, 0.4) is 0 Å². The molecule has 2 rings (SSSR count). The lowest BCUT2D eigenvalue weighted by Gasteiger charge is -2.35. The van der Waals surface area contributed by atoms with Crippen molar-refractivity contribution in [1.82, 2.24) is 10.3 Å². The molecule has 1 fully saturated rings. The first-order chi connectivity index (χ1) is 8.19. The highest BCUT2D eigenvalue weighted by molar-refractivity contribution is 6.30. The van der Waals surface area contributed by atoms with Gasteiger partial charge in [-0.3, -0.25) is 9.78 Å². The van der Waals surface area contributed by atoms with E-state index in [4.69, 9.17) is 16.3 Å². The van der Waals surface area contributed by atoms with Crippen molar-refractivity contribution in [3.05, 3.63) is 29.0 Å². The van der Waals surface area contributed by atoms with Crippen LogP contribution >= 0.6 is 11.6 Å². The average Bonchev–Trinajstić information content (AvgIpc) is 2.26. The Labute approximate surface area is 105 Å². The number of carbonyl (C=O) groups is 1. The highest BCUT2D eigenvalue weighted by Gasteiger charge is 2.31. The third kappa shape index (κ3) is 3.17. The molecule has 0 bridgehead atoms. The van der Waals surface area contributed by atoms with Crippen LogP contribution in [0, 0.1) is 0 Å². The van der Waals surface area contributed by atoms with Crippen LogP contribution in [0.1, 0.15) is 30.3 Å². The first kappa shape index (κ1) is 12.3. The van der Waals surface area contributed by atoms with Crippen molar-refractivity contribution in [2.45, 2.75) is 31.9 Å². The standard InChI is InChI=1S/C12H15ClN2O2/c1-2-17-10-6-9(7-10)15-12(16)11-5-8(13)3-4-14-11/h3-5,9-10H,2,6-7H2,1H3,(H,15,16). The zero-order valence-electron chi connectivity index (χ0n) is 9.65. The summed E-state index contributed by atoms with van der Waals surface area (Å²) >= 11 is 5.80. The van der Waals surface area contributed by atoms with Gasteiger partial charge in [0.15, 0.2) is 0 Å². The van der Waals surface area contributed by atoms with Crippen LogP contribution in [-0.2, 0) is 4.74 Å². The number of hydrogen-bond donors (Lipinski definition) is 1. The summed E-state index contributed by atoms with van der Waals surface area (Å²) in [5.74, 6) is -0.174. The molecule has 1 aliphatic rings. The van der Waals surface area contributed by atoms with Crippen molar-refractivity contribution in [3.8, 4) is 0 Å². The van der Waals surface area contributed by atoms with Crippen LogP contribution < -0.4 is 5.32 Å². The second-order valence-electron chi connectivity index (χ2n) is 4.08. The van der Waals surface area contributed by atoms with Crippen LogP contribution in [-0.4, -0.2) is 29.6 Å². The second-order valence-corrected chi connectivity index (χ2v) is 4.51. The smallest absolute Gasteiger partial charge is 0.270 e. The molecule has 1 amide bonds. The number of pyridine rings is 1. The molecule has 1 aliphatic carbocycles. The fourth-order valence-electron chi connectivity index (χ4n) is 1.84. The van der Waals surface area contributed by atoms with Gasteiger partial charge in [-0.1, -0.05) is 11.6 Å². The third-order valence-electron chi connectivity index (χ3n) is 2.79. The van der Waals surface area contributed by atoms with E-state index < -0.39 is 0 Å². The number of halogens is 1. The van der Waals surface area contributed by atoms with E-state index >= 15 is 0 Å². The Morgan fingerprint density at radius 1 is 1.65 bits per heavy atom. The molecular weight excluding hydrogens is 240 g/mol. The summed E-state index contributed by atoms with van der Waals surface area (Å²) in [6, 6.07) is 3.40. The molecule has 1 aromatic heterocycles. The minimum atomic E-state index is -0.174. The van der Waals surface area contributed by atoms with E-state index in [1.807, 2.05) is 6.92 Å². The monoisotopic (exact) mass is 254 g/mol. The van der Waals surface area contributed by atoms with Gasteiger partial charge in [-0.2, -0.15) is 0 Å². The normalized spacial score (nSPS) is 22.9. The number of rotatable bonds is 4. The van der Waals surface area contributed by atoms with E-state index in [-0.39, 0.29) is 18.1 Å². The Hall–Kier alpha value is -1.13. The maximum Gasteiger partial charge on any atom is 0.270 e. The van der Waals surface area contributed by atoms with E-state index in [1.54, 1.807) is 12.1 Å². The van der Waals surface area contributed by atoms with Crippen LogP contribution in [0.5, 0.6) is 0 Å². The minimum absolute atomic E-state index is 0.174. The molecule has 5 heteroatoms. The predicted octanol–water partition coefficient (Wildman–Crippen LogP) is 2.03. The molecule has 0 aromatic carbocycles. The summed E-state index contributed by atoms with van der Waals surface area (Å²) in [4.78, 5) is 15.8. The Balaban J connectivity index is 1.83. The summed E-state index contributed by atoms with van der Waals surface area (Å²) in [5, 5.41) is 3.43. The number of aromatic nitrogens is 1. The van der Waals surface area contributed by atoms with Gasteiger partial charge >= 0.3 is 0 Å². The first-order valence-electron chi connectivity index (χ1n) is 5.73. The summed E-state index contributed by atoms with van der Waals surface area (Å²) in [6.07, 6.45) is 3.57. The summed E-state index contributed by atoms with van der Waals surface area (Å²) in [7, 11) is 0. The molecule has 4 nitrogen and oxygen atoms in total. The van der Waals surface area contributed by atoms with Crippen molar-refractivity contribution in [2.24, 2.45) is 0 Å². The molecule has 0 aliphatic heterocycles. The Morgan fingerprint density at radius 3 is 3.06 bits per heavy atom. The van der Waals surface area contributed by atoms with Crippen molar-refractivity contribution in [2.75, 3.05) is 6.61 Å². The van der Waals surface area contributed by atoms with Gasteiger partial charge in [0.05, 0.1) is 6.10 Å². The lowest BCUT2D eigenvalue weighted by Crippen LogP contribution is -2.48. The second kappa shape index (κ2) is 5.47. The van der Waals surface area contributed by atoms with E-state index in [0.29, 0.717) is 10.7 Å². The zero-order valence-corrected chi connectivity index (χ0v) is 10.4. The first-order valence-corrected chi connectivity index (χ1v) is 6.11. The predicted molar refractivity (Wildman–Crippen MR) is 65.1 cm³/mol. The van der Waals surface area contributed by atoms with Crippen molar-refractivity contribution >= 4 is 17.5 Å². The molecule has 0 saturated heterocycles. The topological polar surface area (TPSA) is 51.2 Å². The minimum Gasteiger partial charge on any atom is -0.378 e. The van der Waals surface area contributed by atoms with E-state index in [9.17, 15) is 4.79 Å². The highest BCUT2D eigenvalue weighted by atomic mass is 35.5. The molecule has 0 unspecified atom stereocenters. The lowest BCUT2D eigenvalue weighted by atomic mass is 9.89. The number of amides is 1. The van der Waals surface area contributed by atoms with Crippen LogP contribution in [0.25, 0.3) is 0 Å². The fraction of sp³-hybridized carbons (Fsp3) is 0.500. The maximum atomic E-state index is 11.8. The molecule has 0 atom stereocenters. The van der Waals surface area contributed by atoms with Gasteiger partial charge in [0.2, 0.25) is 0 Å². The fourth-order valence-corrected chi connectivity index (χ4v) is 2.00. The van der Waals surface area contributed by atoms with Crippen LogP contribution in [0.4, 0.5) is 0 Å². The highest BCUT2D eigenvalue weighted by Crippen LogP contribution is 2.23. The molecule has 1 aromatic rings. The Bertz CT molecular complexity index is 405. The van der Waals surface area contributed by atoms with Gasteiger partial charge in [0, 0.05) is 23.9 Å². The van der Waals surface area contributed by atoms with Gasteiger partial charge < -0.3 is 10.1 Å². The Morgan fingerprint density at radius 2 is 2.41 bits per heavy atom. The molecule has 0 radical (unpaired) electrons. The van der Waals surface area contributed by atoms with Crippen molar-refractivity contribution in [1.29, 1.82) is 0 Å². The maximum absolute atomic E-state index is 11.8. The average molecular weight is 255 g/mol. The quantitative estimate of drug-likeness (QED) is 0.895. The molecule has 1 heterocycles. The molecule has 92 valence electrons.